The molecule has 2 amide bonds. The second kappa shape index (κ2) is 10.9. The molecule has 1 aliphatic carbocycles. The van der Waals surface area contributed by atoms with Gasteiger partial charge >= 0.3 is 12.3 Å². The van der Waals surface area contributed by atoms with E-state index >= 15 is 0 Å². The summed E-state index contributed by atoms with van der Waals surface area (Å²) in [6.45, 7) is 10.6. The number of nitrogens with zero attached hydrogens (tertiary/aromatic N) is 2. The van der Waals surface area contributed by atoms with Crippen LogP contribution in [0.1, 0.15) is 69.7 Å². The van der Waals surface area contributed by atoms with E-state index in [1.807, 2.05) is 6.07 Å². The summed E-state index contributed by atoms with van der Waals surface area (Å²) in [5, 5.41) is 2.67. The van der Waals surface area contributed by atoms with Gasteiger partial charge < -0.3 is 10.1 Å². The number of alkyl halides is 3. The van der Waals surface area contributed by atoms with Gasteiger partial charge in [-0.15, -0.1) is 0 Å². The van der Waals surface area contributed by atoms with Crippen molar-refractivity contribution in [2.75, 3.05) is 19.6 Å². The van der Waals surface area contributed by atoms with E-state index in [1.165, 1.54) is 16.0 Å². The molecule has 2 aromatic rings. The predicted octanol–water partition coefficient (Wildman–Crippen LogP) is 6.54. The van der Waals surface area contributed by atoms with Crippen LogP contribution in [-0.4, -0.2) is 58.6 Å². The van der Waals surface area contributed by atoms with Gasteiger partial charge in [0.05, 0.1) is 5.56 Å². The normalized spacial score (nSPS) is 27.4. The topological polar surface area (TPSA) is 61.9 Å². The lowest BCUT2D eigenvalue weighted by Gasteiger charge is -2.46. The van der Waals surface area contributed by atoms with Gasteiger partial charge in [0, 0.05) is 31.1 Å². The van der Waals surface area contributed by atoms with Crippen LogP contribution in [-0.2, 0) is 27.7 Å². The number of carbonyl (C=O) groups is 2. The highest BCUT2D eigenvalue weighted by Crippen LogP contribution is 2.48. The van der Waals surface area contributed by atoms with E-state index in [9.17, 15) is 27.2 Å². The van der Waals surface area contributed by atoms with Crippen molar-refractivity contribution in [1.29, 1.82) is 0 Å². The largest absolute Gasteiger partial charge is 0.444 e. The van der Waals surface area contributed by atoms with E-state index in [2.05, 4.69) is 47.5 Å². The molecule has 2 saturated heterocycles. The lowest BCUT2D eigenvalue weighted by Crippen LogP contribution is -2.56. The number of rotatable bonds is 4. The van der Waals surface area contributed by atoms with Crippen LogP contribution in [0.5, 0.6) is 0 Å². The highest BCUT2D eigenvalue weighted by atomic mass is 19.4. The average Bonchev–Trinajstić information content (AvgIpc) is 3.47. The summed E-state index contributed by atoms with van der Waals surface area (Å²) in [6, 6.07) is 10.5. The maximum absolute atomic E-state index is 14.0. The second-order valence-electron chi connectivity index (χ2n) is 13.4. The van der Waals surface area contributed by atoms with E-state index in [0.29, 0.717) is 12.5 Å². The highest BCUT2D eigenvalue weighted by Gasteiger charge is 2.54. The molecule has 0 aromatic heterocycles. The fourth-order valence-electron chi connectivity index (χ4n) is 6.94. The Hall–Kier alpha value is -3.40. The Morgan fingerprint density at radius 3 is 2.49 bits per heavy atom. The Kier molecular flexibility index (Phi) is 7.90. The number of hydrogen-bond acceptors (Lipinski definition) is 4. The number of likely N-dealkylation sites (tertiary alicyclic amines) is 2. The second-order valence-corrected chi connectivity index (χ2v) is 13.4. The summed E-state index contributed by atoms with van der Waals surface area (Å²) in [5.41, 5.74) is -0.762. The van der Waals surface area contributed by atoms with E-state index in [1.54, 1.807) is 27.7 Å². The summed E-state index contributed by atoms with van der Waals surface area (Å²) in [7, 11) is 0. The van der Waals surface area contributed by atoms with Gasteiger partial charge in [-0.3, -0.25) is 14.6 Å². The van der Waals surface area contributed by atoms with E-state index in [0.717, 1.165) is 31.6 Å². The summed E-state index contributed by atoms with van der Waals surface area (Å²) >= 11 is 0. The Balaban J connectivity index is 1.34. The Bertz CT molecular complexity index is 1440. The zero-order chi connectivity index (χ0) is 31.4. The minimum atomic E-state index is -4.72. The van der Waals surface area contributed by atoms with Crippen molar-refractivity contribution >= 4 is 18.1 Å². The monoisotopic (exact) mass is 601 g/mol. The number of piperidine rings is 1. The summed E-state index contributed by atoms with van der Waals surface area (Å²) in [4.78, 5) is 30.9. The van der Waals surface area contributed by atoms with E-state index < -0.39 is 40.7 Å². The Labute approximate surface area is 250 Å². The maximum Gasteiger partial charge on any atom is 0.416 e. The zero-order valence-corrected chi connectivity index (χ0v) is 25.2. The number of halogens is 4. The van der Waals surface area contributed by atoms with Crippen LogP contribution in [0.2, 0.25) is 0 Å². The molecule has 0 saturated carbocycles. The molecule has 43 heavy (non-hydrogen) atoms. The van der Waals surface area contributed by atoms with Crippen molar-refractivity contribution < 1.29 is 31.9 Å². The van der Waals surface area contributed by atoms with Gasteiger partial charge in [-0.2, -0.15) is 13.2 Å². The zero-order valence-electron chi connectivity index (χ0n) is 25.2. The van der Waals surface area contributed by atoms with Gasteiger partial charge in [0.2, 0.25) is 5.91 Å². The molecule has 2 aromatic carbocycles. The number of benzene rings is 2. The third-order valence-electron chi connectivity index (χ3n) is 9.20. The van der Waals surface area contributed by atoms with Crippen LogP contribution < -0.4 is 5.32 Å². The smallest absolute Gasteiger partial charge is 0.416 e. The molecular weight excluding hydrogens is 562 g/mol. The maximum atomic E-state index is 14.0. The summed E-state index contributed by atoms with van der Waals surface area (Å²) in [6.07, 6.45) is 0.371. The summed E-state index contributed by atoms with van der Waals surface area (Å²) < 4.78 is 59.3. The number of nitrogens with one attached hydrogen (secondary N) is 1. The van der Waals surface area contributed by atoms with Crippen molar-refractivity contribution in [3.8, 4) is 0 Å². The molecule has 2 aliphatic heterocycles. The fourth-order valence-corrected chi connectivity index (χ4v) is 6.94. The molecule has 232 valence electrons. The molecule has 10 heteroatoms. The molecule has 0 radical (unpaired) electrons. The Morgan fingerprint density at radius 1 is 1.09 bits per heavy atom. The van der Waals surface area contributed by atoms with Crippen LogP contribution in [0, 0.1) is 11.7 Å². The first-order chi connectivity index (χ1) is 20.0. The van der Waals surface area contributed by atoms with Crippen molar-refractivity contribution in [3.63, 3.8) is 0 Å². The van der Waals surface area contributed by atoms with Gasteiger partial charge in [-0.05, 0) is 87.9 Å². The van der Waals surface area contributed by atoms with Crippen molar-refractivity contribution in [1.82, 2.24) is 15.1 Å². The fraction of sp³-hybridized carbons (Fsp3) is 0.515. The molecule has 6 nitrogen and oxygen atoms in total. The molecule has 1 spiro atoms. The first-order valence-corrected chi connectivity index (χ1v) is 14.7. The lowest BCUT2D eigenvalue weighted by atomic mass is 9.68. The minimum Gasteiger partial charge on any atom is -0.444 e. The molecule has 2 unspecified atom stereocenters. The molecule has 2 heterocycles. The molecule has 5 rings (SSSR count). The lowest BCUT2D eigenvalue weighted by molar-refractivity contribution is -0.137. The van der Waals surface area contributed by atoms with E-state index in [-0.39, 0.29) is 36.0 Å². The highest BCUT2D eigenvalue weighted by molar-refractivity contribution is 5.90. The molecule has 0 bridgehead atoms. The first kappa shape index (κ1) is 31.0. The predicted molar refractivity (Wildman–Crippen MR) is 156 cm³/mol. The van der Waals surface area contributed by atoms with Crippen LogP contribution in [0.3, 0.4) is 0 Å². The SMILES string of the molecule is C[C@H]1CN(C2CN(C(=O)OC(C)(C)C)C(C)(C(=O)NCc3cc(F)cc(C(F)(F)F)c3)C2)CC[C@@]12C=Cc1ccccc12. The number of allylic oxidation sites excluding steroid dienone is 1. The van der Waals surface area contributed by atoms with Gasteiger partial charge in [0.1, 0.15) is 17.0 Å². The Morgan fingerprint density at radius 2 is 1.81 bits per heavy atom. The van der Waals surface area contributed by atoms with E-state index in [4.69, 9.17) is 4.74 Å². The van der Waals surface area contributed by atoms with Crippen molar-refractivity contribution in [3.05, 3.63) is 76.6 Å². The minimum absolute atomic E-state index is 0.0253. The molecule has 3 aliphatic rings. The summed E-state index contributed by atoms with van der Waals surface area (Å²) in [5.74, 6) is -1.29. The third kappa shape index (κ3) is 6.03. The molecule has 4 atom stereocenters. The molecular formula is C33H39F4N3O3. The number of carbonyl (C=O) groups excluding carboxylic acids is 2. The van der Waals surface area contributed by atoms with Crippen LogP contribution in [0.15, 0.2) is 48.5 Å². The quantitative estimate of drug-likeness (QED) is 0.405. The number of ether oxygens (including phenoxy) is 1. The van der Waals surface area contributed by atoms with Crippen LogP contribution in [0.4, 0.5) is 22.4 Å². The molecule has 1 N–H and O–H groups in total. The van der Waals surface area contributed by atoms with Gasteiger partial charge in [-0.1, -0.05) is 43.3 Å². The standard InChI is InChI=1S/C33H39F4N3O3/c1-21-19-39(13-12-32(21)11-10-23-8-6-7-9-27(23)32)26-17-31(5,40(20-26)29(42)43-30(2,3)4)28(41)38-18-22-14-24(33(35,36)37)16-25(34)15-22/h6-11,14-16,21,26H,12-13,17-20H2,1-5H3,(H,38,41)/t21-,26?,31?,32-/m0/s1. The van der Waals surface area contributed by atoms with Gasteiger partial charge in [0.15, 0.2) is 0 Å². The number of hydrogen-bond donors (Lipinski definition) is 1. The van der Waals surface area contributed by atoms with Crippen LogP contribution in [0.25, 0.3) is 6.08 Å². The van der Waals surface area contributed by atoms with Crippen molar-refractivity contribution in [2.24, 2.45) is 5.92 Å². The van der Waals surface area contributed by atoms with Gasteiger partial charge in [-0.25, -0.2) is 9.18 Å². The molecule has 2 fully saturated rings. The number of fused-ring (bicyclic) bond motifs is 2. The average molecular weight is 602 g/mol. The third-order valence-corrected chi connectivity index (χ3v) is 9.20. The number of amides is 2. The van der Waals surface area contributed by atoms with Crippen LogP contribution >= 0.6 is 0 Å². The van der Waals surface area contributed by atoms with Gasteiger partial charge in [0.25, 0.3) is 0 Å². The first-order valence-electron chi connectivity index (χ1n) is 14.7. The van der Waals surface area contributed by atoms with Crippen molar-refractivity contribution in [2.45, 2.75) is 82.8 Å².